The molecule has 4 rings (SSSR count). The van der Waals surface area contributed by atoms with E-state index >= 15 is 0 Å². The van der Waals surface area contributed by atoms with Gasteiger partial charge in [0.25, 0.3) is 0 Å². The fraction of sp³-hybridized carbons (Fsp3) is 0.208. The van der Waals surface area contributed by atoms with Gasteiger partial charge in [-0.3, -0.25) is 14.5 Å². The predicted molar refractivity (Wildman–Crippen MR) is 120 cm³/mol. The predicted octanol–water partition coefficient (Wildman–Crippen LogP) is 5.18. The molecule has 3 aromatic rings. The molecule has 2 amide bonds. The number of halogens is 1. The Bertz CT molecular complexity index is 1120. The van der Waals surface area contributed by atoms with Crippen molar-refractivity contribution in [2.75, 3.05) is 4.90 Å². The molecule has 1 fully saturated rings. The highest BCUT2D eigenvalue weighted by atomic mass is 32.1. The minimum atomic E-state index is -0.504. The SMILES string of the molecule is CC(=O)N(c1nc(/C=C/C(=O)NC2(c3ccccc3)CCC2)cs1)c1ccccc1F. The van der Waals surface area contributed by atoms with Crippen molar-refractivity contribution in [3.63, 3.8) is 0 Å². The number of carbonyl (C=O) groups is 2. The highest BCUT2D eigenvalue weighted by molar-refractivity contribution is 7.14. The van der Waals surface area contributed by atoms with Crippen molar-refractivity contribution in [3.05, 3.63) is 83.1 Å². The van der Waals surface area contributed by atoms with E-state index in [2.05, 4.69) is 10.3 Å². The fourth-order valence-corrected chi connectivity index (χ4v) is 4.56. The Morgan fingerprint density at radius 1 is 1.13 bits per heavy atom. The molecule has 1 saturated carbocycles. The van der Waals surface area contributed by atoms with Crippen LogP contribution in [0.3, 0.4) is 0 Å². The lowest BCUT2D eigenvalue weighted by atomic mass is 9.72. The zero-order valence-corrected chi connectivity index (χ0v) is 17.9. The van der Waals surface area contributed by atoms with Crippen LogP contribution in [0.4, 0.5) is 15.2 Å². The van der Waals surface area contributed by atoms with Gasteiger partial charge in [0.2, 0.25) is 11.8 Å². The smallest absolute Gasteiger partial charge is 0.244 e. The first-order chi connectivity index (χ1) is 15.0. The van der Waals surface area contributed by atoms with Gasteiger partial charge in [0, 0.05) is 18.4 Å². The van der Waals surface area contributed by atoms with Crippen molar-refractivity contribution in [3.8, 4) is 0 Å². The van der Waals surface area contributed by atoms with E-state index in [1.54, 1.807) is 23.6 Å². The van der Waals surface area contributed by atoms with Gasteiger partial charge >= 0.3 is 0 Å². The Kier molecular flexibility index (Phi) is 5.95. The minimum absolute atomic E-state index is 0.146. The van der Waals surface area contributed by atoms with E-state index in [-0.39, 0.29) is 23.0 Å². The molecule has 1 aliphatic carbocycles. The van der Waals surface area contributed by atoms with E-state index in [0.717, 1.165) is 24.8 Å². The second-order valence-electron chi connectivity index (χ2n) is 7.49. The maximum absolute atomic E-state index is 14.2. The number of rotatable bonds is 6. The Hall–Kier alpha value is -3.32. The van der Waals surface area contributed by atoms with Crippen LogP contribution in [0.1, 0.15) is 37.4 Å². The van der Waals surface area contributed by atoms with Crippen LogP contribution in [-0.4, -0.2) is 16.8 Å². The lowest BCUT2D eigenvalue weighted by Crippen LogP contribution is -2.50. The zero-order chi connectivity index (χ0) is 21.8. The van der Waals surface area contributed by atoms with E-state index in [4.69, 9.17) is 0 Å². The van der Waals surface area contributed by atoms with Gasteiger partial charge in [-0.25, -0.2) is 9.37 Å². The van der Waals surface area contributed by atoms with Gasteiger partial charge in [-0.1, -0.05) is 42.5 Å². The van der Waals surface area contributed by atoms with Crippen LogP contribution in [-0.2, 0) is 15.1 Å². The summed E-state index contributed by atoms with van der Waals surface area (Å²) >= 11 is 1.21. The van der Waals surface area contributed by atoms with Crippen LogP contribution in [0.15, 0.2) is 66.1 Å². The normalized spacial score (nSPS) is 14.8. The van der Waals surface area contributed by atoms with E-state index in [1.807, 2.05) is 30.3 Å². The number of nitrogens with zero attached hydrogens (tertiary/aromatic N) is 2. The average molecular weight is 436 g/mol. The monoisotopic (exact) mass is 435 g/mol. The van der Waals surface area contributed by atoms with Crippen LogP contribution in [0.25, 0.3) is 6.08 Å². The summed E-state index contributed by atoms with van der Waals surface area (Å²) in [5, 5.41) is 5.21. The van der Waals surface area contributed by atoms with Crippen molar-refractivity contribution in [1.82, 2.24) is 10.3 Å². The number of hydrogen-bond acceptors (Lipinski definition) is 4. The lowest BCUT2D eigenvalue weighted by molar-refractivity contribution is -0.119. The molecule has 158 valence electrons. The van der Waals surface area contributed by atoms with Crippen LogP contribution in [0, 0.1) is 5.82 Å². The van der Waals surface area contributed by atoms with Crippen LogP contribution >= 0.6 is 11.3 Å². The molecule has 0 unspecified atom stereocenters. The Morgan fingerprint density at radius 2 is 1.84 bits per heavy atom. The number of benzene rings is 2. The number of hydrogen-bond donors (Lipinski definition) is 1. The summed E-state index contributed by atoms with van der Waals surface area (Å²) in [7, 11) is 0. The highest BCUT2D eigenvalue weighted by Gasteiger charge is 2.39. The van der Waals surface area contributed by atoms with E-state index in [1.165, 1.54) is 41.4 Å². The molecule has 0 saturated heterocycles. The lowest BCUT2D eigenvalue weighted by Gasteiger charge is -2.42. The number of carbonyl (C=O) groups excluding carboxylic acids is 2. The zero-order valence-electron chi connectivity index (χ0n) is 17.0. The van der Waals surface area contributed by atoms with E-state index in [0.29, 0.717) is 10.8 Å². The molecule has 5 nitrogen and oxygen atoms in total. The molecule has 1 N–H and O–H groups in total. The van der Waals surface area contributed by atoms with E-state index < -0.39 is 5.82 Å². The standard InChI is InChI=1S/C24H22FN3O2S/c1-17(29)28(21-11-6-5-10-20(21)25)23-26-19(16-31-23)12-13-22(30)27-24(14-7-15-24)18-8-3-2-4-9-18/h2-6,8-13,16H,7,14-15H2,1H3,(H,27,30)/b13-12+. The summed E-state index contributed by atoms with van der Waals surface area (Å²) < 4.78 is 14.2. The van der Waals surface area contributed by atoms with Gasteiger partial charge in [0.15, 0.2) is 5.13 Å². The Balaban J connectivity index is 1.49. The van der Waals surface area contributed by atoms with Crippen molar-refractivity contribution < 1.29 is 14.0 Å². The van der Waals surface area contributed by atoms with Crippen molar-refractivity contribution >= 4 is 40.0 Å². The molecule has 1 aliphatic rings. The van der Waals surface area contributed by atoms with Gasteiger partial charge in [-0.05, 0) is 43.0 Å². The van der Waals surface area contributed by atoms with Gasteiger partial charge < -0.3 is 5.32 Å². The van der Waals surface area contributed by atoms with Crippen molar-refractivity contribution in [2.24, 2.45) is 0 Å². The second kappa shape index (κ2) is 8.81. The molecule has 0 spiro atoms. The summed E-state index contributed by atoms with van der Waals surface area (Å²) in [5.74, 6) is -1.05. The first kappa shape index (κ1) is 20.9. The molecule has 2 aromatic carbocycles. The molecule has 1 heterocycles. The minimum Gasteiger partial charge on any atom is -0.343 e. The van der Waals surface area contributed by atoms with Gasteiger partial charge in [-0.15, -0.1) is 11.3 Å². The number of nitrogens with one attached hydrogen (secondary N) is 1. The third-order valence-corrected chi connectivity index (χ3v) is 6.25. The third-order valence-electron chi connectivity index (χ3n) is 5.41. The Labute approximate surface area is 184 Å². The second-order valence-corrected chi connectivity index (χ2v) is 8.32. The number of thiazole rings is 1. The molecule has 0 atom stereocenters. The largest absolute Gasteiger partial charge is 0.343 e. The maximum Gasteiger partial charge on any atom is 0.244 e. The molecular formula is C24H22FN3O2S. The van der Waals surface area contributed by atoms with Crippen LogP contribution in [0.2, 0.25) is 0 Å². The molecule has 31 heavy (non-hydrogen) atoms. The Morgan fingerprint density at radius 3 is 2.48 bits per heavy atom. The van der Waals surface area contributed by atoms with E-state index in [9.17, 15) is 14.0 Å². The quantitative estimate of drug-likeness (QED) is 0.543. The topological polar surface area (TPSA) is 62.3 Å². The average Bonchev–Trinajstić information content (AvgIpc) is 3.20. The van der Waals surface area contributed by atoms with Crippen molar-refractivity contribution in [1.29, 1.82) is 0 Å². The number of amides is 2. The molecule has 0 radical (unpaired) electrons. The molecule has 0 bridgehead atoms. The number of aromatic nitrogens is 1. The number of anilines is 2. The van der Waals surface area contributed by atoms with Gasteiger partial charge in [0.1, 0.15) is 5.82 Å². The summed E-state index contributed by atoms with van der Waals surface area (Å²) in [6.45, 7) is 1.36. The third kappa shape index (κ3) is 4.41. The van der Waals surface area contributed by atoms with Gasteiger partial charge in [0.05, 0.1) is 16.9 Å². The summed E-state index contributed by atoms with van der Waals surface area (Å²) in [6, 6.07) is 16.0. The molecule has 1 aromatic heterocycles. The number of para-hydroxylation sites is 1. The maximum atomic E-state index is 14.2. The highest BCUT2D eigenvalue weighted by Crippen LogP contribution is 2.41. The molecular weight excluding hydrogens is 413 g/mol. The first-order valence-electron chi connectivity index (χ1n) is 10.0. The first-order valence-corrected chi connectivity index (χ1v) is 10.9. The van der Waals surface area contributed by atoms with Crippen LogP contribution in [0.5, 0.6) is 0 Å². The van der Waals surface area contributed by atoms with Gasteiger partial charge in [-0.2, -0.15) is 0 Å². The van der Waals surface area contributed by atoms with Crippen molar-refractivity contribution in [2.45, 2.75) is 31.7 Å². The molecule has 0 aliphatic heterocycles. The summed E-state index contributed by atoms with van der Waals surface area (Å²) in [5.41, 5.74) is 1.47. The fourth-order valence-electron chi connectivity index (χ4n) is 3.71. The van der Waals surface area contributed by atoms with Crippen LogP contribution < -0.4 is 10.2 Å². The molecule has 7 heteroatoms. The summed E-state index contributed by atoms with van der Waals surface area (Å²) in [4.78, 5) is 30.4. The summed E-state index contributed by atoms with van der Waals surface area (Å²) in [6.07, 6.45) is 5.95.